The SMILES string of the molecule is CCC(C)CC(CC)Nc1ccccc1CN1CCCC1. The van der Waals surface area contributed by atoms with Crippen LogP contribution in [0.1, 0.15) is 58.4 Å². The predicted molar refractivity (Wildman–Crippen MR) is 92.7 cm³/mol. The van der Waals surface area contributed by atoms with E-state index in [2.05, 4.69) is 55.3 Å². The van der Waals surface area contributed by atoms with Crippen molar-refractivity contribution >= 4 is 5.69 Å². The molecule has 0 saturated carbocycles. The number of hydrogen-bond acceptors (Lipinski definition) is 2. The Morgan fingerprint density at radius 1 is 1.10 bits per heavy atom. The average Bonchev–Trinajstić information content (AvgIpc) is 3.01. The monoisotopic (exact) mass is 288 g/mol. The van der Waals surface area contributed by atoms with Crippen molar-refractivity contribution in [1.29, 1.82) is 0 Å². The Morgan fingerprint density at radius 2 is 1.81 bits per heavy atom. The van der Waals surface area contributed by atoms with Gasteiger partial charge in [0.1, 0.15) is 0 Å². The third-order valence-corrected chi connectivity index (χ3v) is 4.85. The summed E-state index contributed by atoms with van der Waals surface area (Å²) in [7, 11) is 0. The summed E-state index contributed by atoms with van der Waals surface area (Å²) in [5.74, 6) is 0.799. The van der Waals surface area contributed by atoms with E-state index in [0.717, 1.165) is 12.5 Å². The molecule has 1 saturated heterocycles. The van der Waals surface area contributed by atoms with E-state index in [1.54, 1.807) is 0 Å². The molecule has 1 aromatic carbocycles. The molecular weight excluding hydrogens is 256 g/mol. The van der Waals surface area contributed by atoms with E-state index in [1.165, 1.54) is 56.4 Å². The summed E-state index contributed by atoms with van der Waals surface area (Å²) in [6.07, 6.45) is 6.46. The lowest BCUT2D eigenvalue weighted by molar-refractivity contribution is 0.331. The first kappa shape index (κ1) is 16.4. The fourth-order valence-electron chi connectivity index (χ4n) is 3.18. The number of likely N-dealkylation sites (tertiary alicyclic amines) is 1. The first-order valence-electron chi connectivity index (χ1n) is 8.79. The Hall–Kier alpha value is -1.02. The minimum absolute atomic E-state index is 0.597. The fourth-order valence-corrected chi connectivity index (χ4v) is 3.18. The normalized spacial score (nSPS) is 18.6. The van der Waals surface area contributed by atoms with Gasteiger partial charge in [0.15, 0.2) is 0 Å². The van der Waals surface area contributed by atoms with Crippen LogP contribution in [0.5, 0.6) is 0 Å². The molecule has 2 atom stereocenters. The standard InChI is InChI=1S/C19H32N2/c1-4-16(3)14-18(5-2)20-19-11-7-6-10-17(19)15-21-12-8-9-13-21/h6-7,10-11,16,18,20H,4-5,8-9,12-15H2,1-3H3. The van der Waals surface area contributed by atoms with Crippen LogP contribution in [0.15, 0.2) is 24.3 Å². The summed E-state index contributed by atoms with van der Waals surface area (Å²) in [5, 5.41) is 3.81. The van der Waals surface area contributed by atoms with Crippen LogP contribution in [0, 0.1) is 5.92 Å². The van der Waals surface area contributed by atoms with Crippen LogP contribution in [0.3, 0.4) is 0 Å². The van der Waals surface area contributed by atoms with Crippen molar-refractivity contribution in [3.05, 3.63) is 29.8 Å². The van der Waals surface area contributed by atoms with Crippen molar-refractivity contribution in [3.63, 3.8) is 0 Å². The third-order valence-electron chi connectivity index (χ3n) is 4.85. The van der Waals surface area contributed by atoms with Crippen LogP contribution < -0.4 is 5.32 Å². The predicted octanol–water partition coefficient (Wildman–Crippen LogP) is 4.91. The van der Waals surface area contributed by atoms with Crippen LogP contribution in [-0.4, -0.2) is 24.0 Å². The van der Waals surface area contributed by atoms with E-state index in [4.69, 9.17) is 0 Å². The van der Waals surface area contributed by atoms with E-state index in [1.807, 2.05) is 0 Å². The van der Waals surface area contributed by atoms with Gasteiger partial charge in [-0.2, -0.15) is 0 Å². The van der Waals surface area contributed by atoms with E-state index in [9.17, 15) is 0 Å². The molecule has 0 bridgehead atoms. The minimum Gasteiger partial charge on any atom is -0.382 e. The largest absolute Gasteiger partial charge is 0.382 e. The lowest BCUT2D eigenvalue weighted by Crippen LogP contribution is -2.24. The molecular formula is C19H32N2. The summed E-state index contributed by atoms with van der Waals surface area (Å²) in [5.41, 5.74) is 2.81. The van der Waals surface area contributed by atoms with Gasteiger partial charge in [0, 0.05) is 18.3 Å². The molecule has 1 aliphatic rings. The zero-order chi connectivity index (χ0) is 15.1. The number of hydrogen-bond donors (Lipinski definition) is 1. The quantitative estimate of drug-likeness (QED) is 0.731. The van der Waals surface area contributed by atoms with Gasteiger partial charge in [0.25, 0.3) is 0 Å². The van der Waals surface area contributed by atoms with Crippen LogP contribution in [0.2, 0.25) is 0 Å². The first-order chi connectivity index (χ1) is 10.2. The van der Waals surface area contributed by atoms with Crippen molar-refractivity contribution in [3.8, 4) is 0 Å². The molecule has 0 aromatic heterocycles. The summed E-state index contributed by atoms with van der Waals surface area (Å²) < 4.78 is 0. The van der Waals surface area contributed by atoms with E-state index in [0.29, 0.717) is 6.04 Å². The lowest BCUT2D eigenvalue weighted by atomic mass is 9.97. The van der Waals surface area contributed by atoms with E-state index in [-0.39, 0.29) is 0 Å². The van der Waals surface area contributed by atoms with Gasteiger partial charge in [-0.3, -0.25) is 4.90 Å². The summed E-state index contributed by atoms with van der Waals surface area (Å²) in [4.78, 5) is 2.58. The van der Waals surface area contributed by atoms with Gasteiger partial charge in [-0.05, 0) is 56.3 Å². The smallest absolute Gasteiger partial charge is 0.0388 e. The third kappa shape index (κ3) is 5.03. The summed E-state index contributed by atoms with van der Waals surface area (Å²) >= 11 is 0. The Balaban J connectivity index is 2.00. The summed E-state index contributed by atoms with van der Waals surface area (Å²) in [6.45, 7) is 10.6. The van der Waals surface area contributed by atoms with Crippen molar-refractivity contribution in [2.24, 2.45) is 5.92 Å². The molecule has 0 spiro atoms. The van der Waals surface area contributed by atoms with Gasteiger partial charge in [0.2, 0.25) is 0 Å². The van der Waals surface area contributed by atoms with Gasteiger partial charge in [-0.25, -0.2) is 0 Å². The number of para-hydroxylation sites is 1. The number of benzene rings is 1. The van der Waals surface area contributed by atoms with Gasteiger partial charge >= 0.3 is 0 Å². The van der Waals surface area contributed by atoms with E-state index < -0.39 is 0 Å². The molecule has 0 aliphatic carbocycles. The van der Waals surface area contributed by atoms with Gasteiger partial charge in [-0.1, -0.05) is 45.4 Å². The molecule has 1 heterocycles. The van der Waals surface area contributed by atoms with Crippen molar-refractivity contribution in [1.82, 2.24) is 4.90 Å². The molecule has 2 heteroatoms. The molecule has 1 aliphatic heterocycles. The van der Waals surface area contributed by atoms with Gasteiger partial charge in [-0.15, -0.1) is 0 Å². The fraction of sp³-hybridized carbons (Fsp3) is 0.684. The maximum Gasteiger partial charge on any atom is 0.0388 e. The average molecular weight is 288 g/mol. The second-order valence-corrected chi connectivity index (χ2v) is 6.64. The number of nitrogens with zero attached hydrogens (tertiary/aromatic N) is 1. The van der Waals surface area contributed by atoms with Crippen LogP contribution in [0.4, 0.5) is 5.69 Å². The Labute approximate surface area is 130 Å². The Bertz CT molecular complexity index is 410. The highest BCUT2D eigenvalue weighted by Crippen LogP contribution is 2.23. The molecule has 2 rings (SSSR count). The molecule has 1 N–H and O–H groups in total. The van der Waals surface area contributed by atoms with Gasteiger partial charge < -0.3 is 5.32 Å². The van der Waals surface area contributed by atoms with Crippen LogP contribution in [-0.2, 0) is 6.54 Å². The zero-order valence-electron chi connectivity index (χ0n) is 14.1. The highest BCUT2D eigenvalue weighted by Gasteiger charge is 2.15. The van der Waals surface area contributed by atoms with Crippen molar-refractivity contribution < 1.29 is 0 Å². The van der Waals surface area contributed by atoms with Crippen molar-refractivity contribution in [2.45, 2.75) is 65.5 Å². The van der Waals surface area contributed by atoms with Crippen molar-refractivity contribution in [2.75, 3.05) is 18.4 Å². The molecule has 2 nitrogen and oxygen atoms in total. The molecule has 0 amide bonds. The maximum atomic E-state index is 3.81. The highest BCUT2D eigenvalue weighted by molar-refractivity contribution is 5.51. The molecule has 0 radical (unpaired) electrons. The molecule has 1 fully saturated rings. The molecule has 118 valence electrons. The first-order valence-corrected chi connectivity index (χ1v) is 8.79. The zero-order valence-corrected chi connectivity index (χ0v) is 14.1. The number of rotatable bonds is 8. The van der Waals surface area contributed by atoms with Gasteiger partial charge in [0.05, 0.1) is 0 Å². The maximum absolute atomic E-state index is 3.81. The Morgan fingerprint density at radius 3 is 2.48 bits per heavy atom. The van der Waals surface area contributed by atoms with Crippen LogP contribution in [0.25, 0.3) is 0 Å². The lowest BCUT2D eigenvalue weighted by Gasteiger charge is -2.24. The summed E-state index contributed by atoms with van der Waals surface area (Å²) in [6, 6.07) is 9.47. The van der Waals surface area contributed by atoms with Crippen LogP contribution >= 0.6 is 0 Å². The minimum atomic E-state index is 0.597. The van der Waals surface area contributed by atoms with E-state index >= 15 is 0 Å². The highest BCUT2D eigenvalue weighted by atomic mass is 15.1. The Kier molecular flexibility index (Phi) is 6.56. The second-order valence-electron chi connectivity index (χ2n) is 6.64. The second kappa shape index (κ2) is 8.43. The number of nitrogens with one attached hydrogen (secondary N) is 1. The molecule has 1 aromatic rings. The molecule has 21 heavy (non-hydrogen) atoms. The topological polar surface area (TPSA) is 15.3 Å². The molecule has 2 unspecified atom stereocenters. The number of anilines is 1.